The van der Waals surface area contributed by atoms with Gasteiger partial charge >= 0.3 is 6.18 Å². The van der Waals surface area contributed by atoms with Gasteiger partial charge in [-0.05, 0) is 24.6 Å². The van der Waals surface area contributed by atoms with Crippen LogP contribution in [0.3, 0.4) is 0 Å². The molecule has 8 heteroatoms. The second-order valence-electron chi connectivity index (χ2n) is 4.39. The third-order valence-electron chi connectivity index (χ3n) is 2.98. The summed E-state index contributed by atoms with van der Waals surface area (Å²) in [5, 5.41) is 4.00. The molecule has 0 spiro atoms. The predicted molar refractivity (Wildman–Crippen MR) is 71.0 cm³/mol. The highest BCUT2D eigenvalue weighted by molar-refractivity contribution is 6.29. The summed E-state index contributed by atoms with van der Waals surface area (Å²) in [6.45, 7) is 1.69. The third-order valence-corrected chi connectivity index (χ3v) is 3.25. The largest absolute Gasteiger partial charge is 0.433 e. The number of hydrogen-bond acceptors (Lipinski definition) is 3. The molecular weight excluding hydrogens is 305 g/mol. The fourth-order valence-electron chi connectivity index (χ4n) is 2.09. The zero-order valence-corrected chi connectivity index (χ0v) is 11.4. The van der Waals surface area contributed by atoms with Gasteiger partial charge in [0.2, 0.25) is 0 Å². The summed E-state index contributed by atoms with van der Waals surface area (Å²) in [5.74, 6) is 0. The van der Waals surface area contributed by atoms with Crippen molar-refractivity contribution in [2.45, 2.75) is 13.1 Å². The average Bonchev–Trinajstić information content (AvgIpc) is 2.75. The molecule has 0 saturated carbocycles. The number of pyridine rings is 1. The molecule has 0 N–H and O–H groups in total. The molecule has 4 nitrogen and oxygen atoms in total. The summed E-state index contributed by atoms with van der Waals surface area (Å²) in [4.78, 5) is 7.56. The molecule has 0 amide bonds. The summed E-state index contributed by atoms with van der Waals surface area (Å²) in [6, 6.07) is 4.12. The van der Waals surface area contributed by atoms with Gasteiger partial charge in [0.25, 0.3) is 0 Å². The van der Waals surface area contributed by atoms with E-state index in [1.54, 1.807) is 31.5 Å². The van der Waals surface area contributed by atoms with Crippen LogP contribution in [0.2, 0.25) is 5.15 Å². The first-order valence-corrected chi connectivity index (χ1v) is 6.29. The quantitative estimate of drug-likeness (QED) is 0.642. The maximum absolute atomic E-state index is 12.9. The van der Waals surface area contributed by atoms with Crippen molar-refractivity contribution in [1.29, 1.82) is 0 Å². The van der Waals surface area contributed by atoms with Gasteiger partial charge in [0.15, 0.2) is 5.65 Å². The minimum absolute atomic E-state index is 0.0681. The molecule has 0 aromatic carbocycles. The minimum Gasteiger partial charge on any atom is -0.265 e. The average molecular weight is 313 g/mol. The van der Waals surface area contributed by atoms with Crippen LogP contribution in [0.1, 0.15) is 11.4 Å². The lowest BCUT2D eigenvalue weighted by Gasteiger charge is -2.07. The van der Waals surface area contributed by atoms with Gasteiger partial charge in [-0.1, -0.05) is 11.6 Å². The molecule has 0 aliphatic rings. The molecule has 0 aliphatic carbocycles. The Bertz CT molecular complexity index is 812. The van der Waals surface area contributed by atoms with Gasteiger partial charge in [-0.15, -0.1) is 0 Å². The van der Waals surface area contributed by atoms with Crippen molar-refractivity contribution in [3.05, 3.63) is 47.1 Å². The lowest BCUT2D eigenvalue weighted by molar-refractivity contribution is -0.141. The molecular formula is C13H8ClF3N4. The predicted octanol–water partition coefficient (Wildman–Crippen LogP) is 3.77. The van der Waals surface area contributed by atoms with Crippen LogP contribution in [0, 0.1) is 6.92 Å². The van der Waals surface area contributed by atoms with E-state index in [1.807, 2.05) is 0 Å². The summed E-state index contributed by atoms with van der Waals surface area (Å²) in [5.41, 5.74) is 0.745. The normalized spacial score (nSPS) is 12.0. The van der Waals surface area contributed by atoms with Gasteiger partial charge in [0, 0.05) is 24.0 Å². The lowest BCUT2D eigenvalue weighted by atomic mass is 10.1. The van der Waals surface area contributed by atoms with Crippen molar-refractivity contribution in [2.24, 2.45) is 0 Å². The first-order valence-electron chi connectivity index (χ1n) is 5.91. The molecule has 3 aromatic heterocycles. The zero-order valence-electron chi connectivity index (χ0n) is 10.7. The molecule has 108 valence electrons. The number of alkyl halides is 3. The van der Waals surface area contributed by atoms with Gasteiger partial charge in [0.1, 0.15) is 10.8 Å². The number of rotatable bonds is 1. The maximum atomic E-state index is 12.9. The summed E-state index contributed by atoms with van der Waals surface area (Å²) in [7, 11) is 0. The molecule has 0 unspecified atom stereocenters. The molecule has 0 atom stereocenters. The van der Waals surface area contributed by atoms with Crippen molar-refractivity contribution in [2.75, 3.05) is 0 Å². The van der Waals surface area contributed by atoms with E-state index in [0.717, 1.165) is 6.07 Å². The number of aromatic nitrogens is 4. The maximum Gasteiger partial charge on any atom is 0.433 e. The summed E-state index contributed by atoms with van der Waals surface area (Å²) < 4.78 is 39.8. The zero-order chi connectivity index (χ0) is 15.2. The van der Waals surface area contributed by atoms with E-state index in [4.69, 9.17) is 11.6 Å². The van der Waals surface area contributed by atoms with E-state index in [1.165, 1.54) is 4.52 Å². The van der Waals surface area contributed by atoms with Crippen molar-refractivity contribution >= 4 is 17.2 Å². The Kier molecular flexibility index (Phi) is 3.09. The fourth-order valence-corrected chi connectivity index (χ4v) is 2.31. The highest BCUT2D eigenvalue weighted by Gasteiger charge is 2.34. The number of aryl methyl sites for hydroxylation is 1. The standard InChI is InChI=1S/C13H8ClF3N4/c1-7-11(8-2-4-18-5-3-8)12-19-9(13(15,16)17)6-10(14)21(12)20-7/h2-6H,1H3. The van der Waals surface area contributed by atoms with Gasteiger partial charge in [-0.25, -0.2) is 9.50 Å². The van der Waals surface area contributed by atoms with E-state index in [9.17, 15) is 13.2 Å². The van der Waals surface area contributed by atoms with E-state index < -0.39 is 11.9 Å². The molecule has 3 rings (SSSR count). The summed E-state index contributed by atoms with van der Waals surface area (Å²) >= 11 is 5.89. The lowest BCUT2D eigenvalue weighted by Crippen LogP contribution is -2.10. The second-order valence-corrected chi connectivity index (χ2v) is 4.78. The first-order chi connectivity index (χ1) is 9.88. The SMILES string of the molecule is Cc1nn2c(Cl)cc(C(F)(F)F)nc2c1-c1ccncc1. The van der Waals surface area contributed by atoms with Gasteiger partial charge in [-0.3, -0.25) is 4.98 Å². The van der Waals surface area contributed by atoms with Crippen LogP contribution in [0.4, 0.5) is 13.2 Å². The molecule has 0 saturated heterocycles. The van der Waals surface area contributed by atoms with Crippen LogP contribution in [-0.2, 0) is 6.18 Å². The van der Waals surface area contributed by atoms with E-state index in [2.05, 4.69) is 15.1 Å². The Labute approximate surface area is 122 Å². The molecule has 3 aromatic rings. The molecule has 0 bridgehead atoms. The Morgan fingerprint density at radius 1 is 1.19 bits per heavy atom. The smallest absolute Gasteiger partial charge is 0.265 e. The second kappa shape index (κ2) is 4.70. The number of fused-ring (bicyclic) bond motifs is 1. The van der Waals surface area contributed by atoms with Crippen LogP contribution in [0.5, 0.6) is 0 Å². The van der Waals surface area contributed by atoms with Crippen LogP contribution >= 0.6 is 11.6 Å². The monoisotopic (exact) mass is 312 g/mol. The third kappa shape index (κ3) is 2.33. The number of halogens is 4. The van der Waals surface area contributed by atoms with Crippen molar-refractivity contribution in [1.82, 2.24) is 19.6 Å². The molecule has 0 radical (unpaired) electrons. The molecule has 0 aliphatic heterocycles. The van der Waals surface area contributed by atoms with Crippen LogP contribution in [-0.4, -0.2) is 19.6 Å². The highest BCUT2D eigenvalue weighted by Crippen LogP contribution is 2.33. The topological polar surface area (TPSA) is 43.1 Å². The van der Waals surface area contributed by atoms with Crippen LogP contribution < -0.4 is 0 Å². The van der Waals surface area contributed by atoms with E-state index >= 15 is 0 Å². The Hall–Kier alpha value is -2.15. The van der Waals surface area contributed by atoms with Crippen molar-refractivity contribution in [3.63, 3.8) is 0 Å². The summed E-state index contributed by atoms with van der Waals surface area (Å²) in [6.07, 6.45) is -1.47. The fraction of sp³-hybridized carbons (Fsp3) is 0.154. The van der Waals surface area contributed by atoms with E-state index in [0.29, 0.717) is 16.8 Å². The molecule has 21 heavy (non-hydrogen) atoms. The first kappa shape index (κ1) is 13.8. The number of hydrogen-bond donors (Lipinski definition) is 0. The van der Waals surface area contributed by atoms with Crippen molar-refractivity contribution in [3.8, 4) is 11.1 Å². The molecule has 3 heterocycles. The van der Waals surface area contributed by atoms with Gasteiger partial charge < -0.3 is 0 Å². The highest BCUT2D eigenvalue weighted by atomic mass is 35.5. The van der Waals surface area contributed by atoms with Gasteiger partial charge in [0.05, 0.1) is 5.69 Å². The van der Waals surface area contributed by atoms with Gasteiger partial charge in [-0.2, -0.15) is 18.3 Å². The van der Waals surface area contributed by atoms with Crippen molar-refractivity contribution < 1.29 is 13.2 Å². The Morgan fingerprint density at radius 2 is 1.86 bits per heavy atom. The van der Waals surface area contributed by atoms with E-state index in [-0.39, 0.29) is 10.8 Å². The minimum atomic E-state index is -4.57. The van der Waals surface area contributed by atoms with Crippen LogP contribution in [0.25, 0.3) is 16.8 Å². The van der Waals surface area contributed by atoms with Crippen LogP contribution in [0.15, 0.2) is 30.6 Å². The number of nitrogens with zero attached hydrogens (tertiary/aromatic N) is 4. The Balaban J connectivity index is 2.35. The Morgan fingerprint density at radius 3 is 2.48 bits per heavy atom. The molecule has 0 fully saturated rings.